The van der Waals surface area contributed by atoms with Gasteiger partial charge in [0.25, 0.3) is 0 Å². The van der Waals surface area contributed by atoms with Gasteiger partial charge in [0, 0.05) is 35.7 Å². The zero-order valence-corrected chi connectivity index (χ0v) is 23.3. The van der Waals surface area contributed by atoms with Crippen LogP contribution in [-0.2, 0) is 16.1 Å². The molecule has 8 nitrogen and oxygen atoms in total. The molecule has 0 atom stereocenters. The van der Waals surface area contributed by atoms with Gasteiger partial charge in [-0.3, -0.25) is 14.3 Å². The molecule has 2 aromatic heterocycles. The third-order valence-corrected chi connectivity index (χ3v) is 7.46. The van der Waals surface area contributed by atoms with Gasteiger partial charge in [0.1, 0.15) is 12.4 Å². The van der Waals surface area contributed by atoms with Crippen LogP contribution in [0.25, 0.3) is 5.69 Å². The van der Waals surface area contributed by atoms with Crippen LogP contribution in [-0.4, -0.2) is 62.6 Å². The van der Waals surface area contributed by atoms with E-state index in [4.69, 9.17) is 21.8 Å². The number of ether oxygens (including phenoxy) is 2. The summed E-state index contributed by atoms with van der Waals surface area (Å²) in [7, 11) is 2.08. The predicted molar refractivity (Wildman–Crippen MR) is 155 cm³/mol. The first-order valence-corrected chi connectivity index (χ1v) is 13.8. The Morgan fingerprint density at radius 1 is 1.23 bits per heavy atom. The van der Waals surface area contributed by atoms with Crippen molar-refractivity contribution in [3.63, 3.8) is 0 Å². The smallest absolute Gasteiger partial charge is 0.307 e. The first-order valence-electron chi connectivity index (χ1n) is 17.5. The van der Waals surface area contributed by atoms with Gasteiger partial charge >= 0.3 is 5.97 Å². The van der Waals surface area contributed by atoms with Crippen LogP contribution in [0.2, 0.25) is 0 Å². The Hall–Kier alpha value is -3.35. The van der Waals surface area contributed by atoms with Gasteiger partial charge in [-0.15, -0.1) is 10.2 Å². The molecule has 0 unspecified atom stereocenters. The first kappa shape index (κ1) is 18.9. The Balaban J connectivity index is 1.29. The van der Waals surface area contributed by atoms with E-state index in [0.29, 0.717) is 23.8 Å². The van der Waals surface area contributed by atoms with E-state index in [9.17, 15) is 4.79 Å². The fourth-order valence-electron chi connectivity index (χ4n) is 4.38. The minimum atomic E-state index is -3.34. The molecule has 9 heteroatoms. The zero-order chi connectivity index (χ0) is 35.8. The molecular formula is C31H37N5O3S. The van der Waals surface area contributed by atoms with Crippen LogP contribution < -0.4 is 4.74 Å². The molecular weight excluding hydrogens is 522 g/mol. The molecule has 0 bridgehead atoms. The highest BCUT2D eigenvalue weighted by atomic mass is 32.2. The van der Waals surface area contributed by atoms with Gasteiger partial charge in [0.05, 0.1) is 11.9 Å². The SMILES string of the molecule is [2H]C1([2H])C([2H])([2H])C([2H])([2H])C([2H])(Sc2nnc(COc3ccc(C#CCOC(=O)CC4CCN(C)CC4)c(C)c3)n2-c2cccnc2)C1([2H])[2H]. The van der Waals surface area contributed by atoms with Gasteiger partial charge in [-0.25, -0.2) is 0 Å². The van der Waals surface area contributed by atoms with Crippen molar-refractivity contribution in [2.45, 2.75) is 68.7 Å². The Labute approximate surface area is 253 Å². The lowest BCUT2D eigenvalue weighted by molar-refractivity contribution is -0.143. The summed E-state index contributed by atoms with van der Waals surface area (Å²) < 4.78 is 87.8. The third-order valence-electron chi connectivity index (χ3n) is 6.60. The summed E-state index contributed by atoms with van der Waals surface area (Å²) in [5.41, 5.74) is 1.91. The van der Waals surface area contributed by atoms with Crippen LogP contribution >= 0.6 is 11.8 Å². The highest BCUT2D eigenvalue weighted by Gasteiger charge is 2.22. The number of pyridine rings is 1. The Kier molecular flexibility index (Phi) is 6.53. The number of thioether (sulfide) groups is 1. The molecule has 3 heterocycles. The summed E-state index contributed by atoms with van der Waals surface area (Å²) in [4.78, 5) is 18.6. The average molecular weight is 569 g/mol. The van der Waals surface area contributed by atoms with Gasteiger partial charge < -0.3 is 14.4 Å². The summed E-state index contributed by atoms with van der Waals surface area (Å²) in [6, 6.07) is 8.49. The van der Waals surface area contributed by atoms with Gasteiger partial charge in [0.2, 0.25) is 0 Å². The highest BCUT2D eigenvalue weighted by Crippen LogP contribution is 2.35. The van der Waals surface area contributed by atoms with Crippen LogP contribution in [0, 0.1) is 24.7 Å². The molecule has 0 amide bonds. The summed E-state index contributed by atoms with van der Waals surface area (Å²) >= 11 is 0.254. The van der Waals surface area contributed by atoms with Crippen molar-refractivity contribution < 1.29 is 26.6 Å². The molecule has 1 aliphatic carbocycles. The van der Waals surface area contributed by atoms with Crippen molar-refractivity contribution in [3.05, 3.63) is 59.7 Å². The maximum absolute atomic E-state index is 12.2. The molecule has 0 radical (unpaired) electrons. The minimum Gasteiger partial charge on any atom is -0.486 e. The van der Waals surface area contributed by atoms with E-state index in [1.165, 1.54) is 17.0 Å². The van der Waals surface area contributed by atoms with E-state index in [1.807, 2.05) is 6.92 Å². The van der Waals surface area contributed by atoms with Crippen molar-refractivity contribution in [1.82, 2.24) is 24.6 Å². The summed E-state index contributed by atoms with van der Waals surface area (Å²) in [6.45, 7) is 3.65. The average Bonchev–Trinajstić information content (AvgIpc) is 3.47. The third kappa shape index (κ3) is 7.64. The number of likely N-dealkylation sites (tertiary alicyclic amines) is 1. The number of esters is 1. The summed E-state index contributed by atoms with van der Waals surface area (Å²) in [5, 5.41) is 5.05. The minimum absolute atomic E-state index is 0.00858. The number of hydrogen-bond acceptors (Lipinski definition) is 8. The standard InChI is InChI=1S/C31H37N5O3S/c1-23-19-27(12-11-25(23)7-6-18-38-30(37)20-24-13-16-35(2)17-14-24)39-22-29-33-34-31(40-28-9-3-4-10-28)36(29)26-8-5-15-32-21-26/h5,8,11-12,15,19,21,24,28H,3-4,9-10,13-14,16-18,20,22H2,1-2H3/i3D2,4D2,9D2,10D2,28D. The number of carbonyl (C=O) groups excluding carboxylic acids is 1. The second kappa shape index (κ2) is 13.8. The van der Waals surface area contributed by atoms with E-state index in [1.54, 1.807) is 30.3 Å². The number of aryl methyl sites for hydroxylation is 1. The number of nitrogens with zero attached hydrogens (tertiary/aromatic N) is 5. The Morgan fingerprint density at radius 3 is 2.80 bits per heavy atom. The monoisotopic (exact) mass is 568 g/mol. The van der Waals surface area contributed by atoms with E-state index < -0.39 is 30.7 Å². The van der Waals surface area contributed by atoms with E-state index >= 15 is 0 Å². The molecule has 2 fully saturated rings. The molecule has 210 valence electrons. The number of hydrogen-bond donors (Lipinski definition) is 0. The maximum atomic E-state index is 12.2. The van der Waals surface area contributed by atoms with Gasteiger partial charge in [-0.05, 0) is 94.5 Å². The van der Waals surface area contributed by atoms with Crippen LogP contribution in [0.15, 0.2) is 47.9 Å². The Morgan fingerprint density at radius 2 is 2.05 bits per heavy atom. The number of aromatic nitrogens is 4. The fourth-order valence-corrected chi connectivity index (χ4v) is 5.15. The lowest BCUT2D eigenvalue weighted by Gasteiger charge is -2.28. The molecule has 0 spiro atoms. The molecule has 3 aromatic rings. The quantitative estimate of drug-likeness (QED) is 0.257. The molecule has 40 heavy (non-hydrogen) atoms. The largest absolute Gasteiger partial charge is 0.486 e. The molecule has 5 rings (SSSR count). The van der Waals surface area contributed by atoms with Crippen LogP contribution in [0.5, 0.6) is 5.75 Å². The first-order chi connectivity index (χ1) is 22.9. The summed E-state index contributed by atoms with van der Waals surface area (Å²) in [6.07, 6.45) is -7.90. The van der Waals surface area contributed by atoms with Crippen molar-refractivity contribution in [3.8, 4) is 23.3 Å². The number of benzene rings is 1. The molecule has 0 N–H and O–H groups in total. The van der Waals surface area contributed by atoms with Crippen molar-refractivity contribution >= 4 is 17.7 Å². The van der Waals surface area contributed by atoms with Crippen LogP contribution in [0.4, 0.5) is 0 Å². The number of rotatable bonds is 9. The van der Waals surface area contributed by atoms with Crippen LogP contribution in [0.1, 0.15) is 74.0 Å². The van der Waals surface area contributed by atoms with E-state index in [0.717, 1.165) is 37.1 Å². The van der Waals surface area contributed by atoms with Gasteiger partial charge in [0.15, 0.2) is 17.6 Å². The normalized spacial score (nSPS) is 25.6. The lowest BCUT2D eigenvalue weighted by atomic mass is 9.94. The van der Waals surface area contributed by atoms with Gasteiger partial charge in [-0.2, -0.15) is 0 Å². The Bertz CT molecular complexity index is 1710. The van der Waals surface area contributed by atoms with E-state index in [-0.39, 0.29) is 41.9 Å². The summed E-state index contributed by atoms with van der Waals surface area (Å²) in [5.74, 6) is 6.65. The molecule has 1 aliphatic heterocycles. The van der Waals surface area contributed by atoms with Crippen molar-refractivity contribution in [1.29, 1.82) is 0 Å². The lowest BCUT2D eigenvalue weighted by Crippen LogP contribution is -2.31. The second-order valence-electron chi connectivity index (χ2n) is 9.56. The van der Waals surface area contributed by atoms with Crippen molar-refractivity contribution in [2.75, 3.05) is 26.7 Å². The highest BCUT2D eigenvalue weighted by molar-refractivity contribution is 7.99. The maximum Gasteiger partial charge on any atom is 0.307 e. The van der Waals surface area contributed by atoms with E-state index in [2.05, 4.69) is 39.0 Å². The fraction of sp³-hybridized carbons (Fsp3) is 0.484. The topological polar surface area (TPSA) is 82.4 Å². The number of piperidine rings is 1. The number of carbonyl (C=O) groups is 1. The predicted octanol–water partition coefficient (Wildman–Crippen LogP) is 5.21. The molecule has 1 saturated carbocycles. The van der Waals surface area contributed by atoms with Crippen LogP contribution in [0.3, 0.4) is 0 Å². The molecule has 2 aliphatic rings. The van der Waals surface area contributed by atoms with Crippen molar-refractivity contribution in [2.24, 2.45) is 5.92 Å². The molecule has 1 aromatic carbocycles. The molecule has 1 saturated heterocycles. The second-order valence-corrected chi connectivity index (χ2v) is 10.5. The zero-order valence-electron chi connectivity index (χ0n) is 31.4. The van der Waals surface area contributed by atoms with Gasteiger partial charge in [-0.1, -0.05) is 36.3 Å².